The molecule has 2 nitrogen and oxygen atoms in total. The molecule has 1 aromatic rings. The Bertz CT molecular complexity index is 501. The molecule has 0 aromatic heterocycles. The zero-order valence-corrected chi connectivity index (χ0v) is 14.5. The van der Waals surface area contributed by atoms with Crippen molar-refractivity contribution in [1.29, 1.82) is 0 Å². The first-order chi connectivity index (χ1) is 7.63. The van der Waals surface area contributed by atoms with Crippen LogP contribution in [0.2, 0.25) is 19.8 Å². The molecule has 1 aliphatic heterocycles. The average molecular weight is 359 g/mol. The van der Waals surface area contributed by atoms with E-state index in [0.717, 1.165) is 5.75 Å². The molecule has 2 rings (SSSR count). The van der Waals surface area contributed by atoms with Crippen LogP contribution in [0.15, 0.2) is 12.1 Å². The number of ketones is 1. The maximum atomic E-state index is 12.2. The van der Waals surface area contributed by atoms with E-state index >= 15 is 0 Å². The van der Waals surface area contributed by atoms with Gasteiger partial charge in [-0.2, -0.15) is 0 Å². The van der Waals surface area contributed by atoms with Gasteiger partial charge in [0.15, 0.2) is 0 Å². The van der Waals surface area contributed by atoms with Crippen LogP contribution in [0.3, 0.4) is 0 Å². The second-order valence-corrected chi connectivity index (χ2v) is 20.8. The molecule has 0 spiro atoms. The van der Waals surface area contributed by atoms with Gasteiger partial charge in [-0.1, -0.05) is 0 Å². The number of halogens is 1. The minimum atomic E-state index is -2.33. The number of fused-ring (bicyclic) bond motifs is 1. The summed E-state index contributed by atoms with van der Waals surface area (Å²) in [6.07, 6.45) is 0. The van der Waals surface area contributed by atoms with Crippen molar-refractivity contribution < 1.29 is 9.53 Å². The number of Topliss-reactive ketones (excluding diaryl/α,β-unsaturated/α-hetero) is 1. The number of hydrogen-bond acceptors (Lipinski definition) is 2. The van der Waals surface area contributed by atoms with E-state index in [2.05, 4.69) is 14.8 Å². The van der Waals surface area contributed by atoms with E-state index in [0.29, 0.717) is 10.6 Å². The van der Waals surface area contributed by atoms with Crippen molar-refractivity contribution in [1.82, 2.24) is 0 Å². The molecule has 1 aromatic carbocycles. The van der Waals surface area contributed by atoms with Crippen LogP contribution >= 0.6 is 11.6 Å². The summed E-state index contributed by atoms with van der Waals surface area (Å²) in [5.41, 5.74) is -0.0945. The Morgan fingerprint density at radius 2 is 1.82 bits per heavy atom. The van der Waals surface area contributed by atoms with Crippen LogP contribution in [0.4, 0.5) is 0 Å². The van der Waals surface area contributed by atoms with Crippen LogP contribution in [0.5, 0.6) is 5.75 Å². The van der Waals surface area contributed by atoms with Gasteiger partial charge in [0.1, 0.15) is 0 Å². The van der Waals surface area contributed by atoms with E-state index in [1.54, 1.807) is 6.07 Å². The molecule has 4 heteroatoms. The van der Waals surface area contributed by atoms with Crippen LogP contribution < -0.4 is 8.32 Å². The number of carbonyl (C=O) groups excluding carboxylic acids is 1. The molecule has 0 N–H and O–H groups in total. The predicted molar refractivity (Wildman–Crippen MR) is 73.5 cm³/mol. The maximum absolute atomic E-state index is 12.2. The van der Waals surface area contributed by atoms with Gasteiger partial charge < -0.3 is 0 Å². The number of ether oxygens (including phenoxy) is 1. The number of rotatable bonds is 1. The molecule has 0 aliphatic carbocycles. The van der Waals surface area contributed by atoms with Gasteiger partial charge in [0, 0.05) is 0 Å². The van der Waals surface area contributed by atoms with Crippen LogP contribution in [-0.2, 0) is 0 Å². The third kappa shape index (κ3) is 2.21. The molecular formula is C13H17ClO2Sn. The second-order valence-electron chi connectivity index (χ2n) is 6.02. The topological polar surface area (TPSA) is 26.3 Å². The second kappa shape index (κ2) is 3.89. The number of hydrogen-bond donors (Lipinski definition) is 0. The first-order valence-corrected chi connectivity index (χ1v) is 16.1. The molecule has 0 atom stereocenters. The Labute approximate surface area is 111 Å². The molecule has 17 heavy (non-hydrogen) atoms. The minimum absolute atomic E-state index is 0.0341. The van der Waals surface area contributed by atoms with Crippen LogP contribution in [0.25, 0.3) is 0 Å². The van der Waals surface area contributed by atoms with Crippen molar-refractivity contribution in [2.24, 2.45) is 0 Å². The number of benzene rings is 1. The predicted octanol–water partition coefficient (Wildman–Crippen LogP) is 3.24. The summed E-state index contributed by atoms with van der Waals surface area (Å²) in [6.45, 7) is 3.62. The third-order valence-corrected chi connectivity index (χ3v) is 8.90. The average Bonchev–Trinajstić information content (AvgIpc) is 2.37. The summed E-state index contributed by atoms with van der Waals surface area (Å²) < 4.78 is 7.06. The summed E-state index contributed by atoms with van der Waals surface area (Å²) in [6, 6.07) is 3.71. The van der Waals surface area contributed by atoms with Gasteiger partial charge in [0.25, 0.3) is 0 Å². The van der Waals surface area contributed by atoms with Gasteiger partial charge in [-0.05, 0) is 0 Å². The van der Waals surface area contributed by atoms with Crippen LogP contribution in [-0.4, -0.2) is 29.8 Å². The zero-order valence-electron chi connectivity index (χ0n) is 10.8. The van der Waals surface area contributed by atoms with Gasteiger partial charge in [0.2, 0.25) is 0 Å². The number of carbonyl (C=O) groups is 1. The molecular weight excluding hydrogens is 342 g/mol. The van der Waals surface area contributed by atoms with Crippen molar-refractivity contribution in [3.05, 3.63) is 22.7 Å². The Hall–Kier alpha value is -0.221. The molecule has 0 radical (unpaired) electrons. The summed E-state index contributed by atoms with van der Waals surface area (Å²) in [5, 5.41) is 0.639. The van der Waals surface area contributed by atoms with Gasteiger partial charge in [-0.25, -0.2) is 0 Å². The Kier molecular flexibility index (Phi) is 3.02. The van der Waals surface area contributed by atoms with Gasteiger partial charge in [0.05, 0.1) is 0 Å². The van der Waals surface area contributed by atoms with Crippen molar-refractivity contribution in [3.8, 4) is 5.75 Å². The quantitative estimate of drug-likeness (QED) is 0.720. The van der Waals surface area contributed by atoms with Crippen LogP contribution in [0, 0.1) is 0 Å². The molecule has 0 saturated carbocycles. The Morgan fingerprint density at radius 1 is 1.24 bits per heavy atom. The van der Waals surface area contributed by atoms with E-state index in [9.17, 15) is 4.79 Å². The third-order valence-electron chi connectivity index (χ3n) is 3.01. The molecule has 0 bridgehead atoms. The van der Waals surface area contributed by atoms with Crippen molar-refractivity contribution >= 4 is 39.3 Å². The van der Waals surface area contributed by atoms with Crippen molar-refractivity contribution in [3.63, 3.8) is 0 Å². The SMILES string of the molecule is CC1(C)Oc2c(cc(Cl)c[c]2[Sn]([CH3])([CH3])[CH3])C1=O. The molecule has 0 saturated heterocycles. The van der Waals surface area contributed by atoms with Gasteiger partial charge in [-0.3, -0.25) is 0 Å². The van der Waals surface area contributed by atoms with E-state index in [-0.39, 0.29) is 5.78 Å². The van der Waals surface area contributed by atoms with Crippen molar-refractivity contribution in [2.45, 2.75) is 34.3 Å². The zero-order chi connectivity index (χ0) is 13.0. The molecule has 1 heterocycles. The molecule has 0 amide bonds. The first kappa shape index (κ1) is 13.2. The Morgan fingerprint density at radius 3 is 2.35 bits per heavy atom. The molecule has 0 fully saturated rings. The molecule has 1 aliphatic rings. The summed E-state index contributed by atoms with van der Waals surface area (Å²) in [7, 11) is 0. The van der Waals surface area contributed by atoms with E-state index in [1.165, 1.54) is 3.58 Å². The van der Waals surface area contributed by atoms with Gasteiger partial charge >= 0.3 is 112 Å². The fraction of sp³-hybridized carbons (Fsp3) is 0.462. The van der Waals surface area contributed by atoms with Crippen LogP contribution in [0.1, 0.15) is 24.2 Å². The Balaban J connectivity index is 2.70. The normalized spacial score (nSPS) is 17.9. The van der Waals surface area contributed by atoms with Crippen molar-refractivity contribution in [2.75, 3.05) is 0 Å². The van der Waals surface area contributed by atoms with Gasteiger partial charge in [-0.15, -0.1) is 0 Å². The summed E-state index contributed by atoms with van der Waals surface area (Å²) in [5.74, 6) is 0.819. The standard InChI is InChI=1S/C10H8ClO2.3CH3.Sn/c1-10(2)9(12)7-5-6(11)3-4-8(7)13-10;;;;/h3,5H,1-2H3;3*1H3;. The summed E-state index contributed by atoms with van der Waals surface area (Å²) >= 11 is 3.79. The van der Waals surface area contributed by atoms with E-state index in [1.807, 2.05) is 19.9 Å². The fourth-order valence-electron chi connectivity index (χ4n) is 2.06. The first-order valence-electron chi connectivity index (χ1n) is 5.71. The van der Waals surface area contributed by atoms with E-state index < -0.39 is 24.0 Å². The molecule has 92 valence electrons. The van der Waals surface area contributed by atoms with E-state index in [4.69, 9.17) is 16.3 Å². The fourth-order valence-corrected chi connectivity index (χ4v) is 6.69. The monoisotopic (exact) mass is 360 g/mol. The summed E-state index contributed by atoms with van der Waals surface area (Å²) in [4.78, 5) is 19.1. The molecule has 0 unspecified atom stereocenters.